The fraction of sp³-hybridized carbons (Fsp3) is 0.417. The molecule has 1 saturated heterocycles. The molecule has 4 rings (SSSR count). The van der Waals surface area contributed by atoms with Gasteiger partial charge in [0.05, 0.1) is 11.3 Å². The Kier molecular flexibility index (Phi) is 6.72. The Morgan fingerprint density at radius 1 is 1.13 bits per heavy atom. The van der Waals surface area contributed by atoms with Gasteiger partial charge in [0.25, 0.3) is 0 Å². The fourth-order valence-electron chi connectivity index (χ4n) is 4.57. The van der Waals surface area contributed by atoms with E-state index in [2.05, 4.69) is 10.0 Å². The highest BCUT2D eigenvalue weighted by molar-refractivity contribution is 7.99. The van der Waals surface area contributed by atoms with Crippen molar-refractivity contribution in [2.45, 2.75) is 31.7 Å². The maximum atomic E-state index is 14.5. The van der Waals surface area contributed by atoms with Gasteiger partial charge in [-0.1, -0.05) is 30.3 Å². The summed E-state index contributed by atoms with van der Waals surface area (Å²) in [5.74, 6) is 1.04. The second kappa shape index (κ2) is 9.49. The Bertz CT molecular complexity index is 963. The molecule has 2 aromatic carbocycles. The van der Waals surface area contributed by atoms with Crippen LogP contribution in [0.25, 0.3) is 0 Å². The van der Waals surface area contributed by atoms with E-state index < -0.39 is 17.2 Å². The molecule has 0 spiro atoms. The van der Waals surface area contributed by atoms with E-state index in [4.69, 9.17) is 0 Å². The predicted octanol–water partition coefficient (Wildman–Crippen LogP) is 4.65. The number of carbonyl (C=O) groups excluding carboxylic acids is 1. The smallest absolute Gasteiger partial charge is 0.240 e. The van der Waals surface area contributed by atoms with Crippen molar-refractivity contribution in [3.63, 3.8) is 0 Å². The van der Waals surface area contributed by atoms with E-state index in [0.717, 1.165) is 55.3 Å². The van der Waals surface area contributed by atoms with Crippen molar-refractivity contribution >= 4 is 23.4 Å². The second-order valence-electron chi connectivity index (χ2n) is 8.13. The largest absolute Gasteiger partial charge is 0.302 e. The molecule has 2 aliphatic rings. The summed E-state index contributed by atoms with van der Waals surface area (Å²) in [6.45, 7) is 4.59. The van der Waals surface area contributed by atoms with Crippen LogP contribution in [0.4, 0.5) is 8.78 Å². The van der Waals surface area contributed by atoms with Crippen LogP contribution in [0, 0.1) is 11.6 Å². The molecular weight excluding hydrogens is 416 g/mol. The number of hydrazone groups is 1. The molecule has 0 radical (unpaired) electrons. The fourth-order valence-corrected chi connectivity index (χ4v) is 5.55. The molecular formula is C24H27F2N3OS. The Hall–Kier alpha value is -2.25. The normalized spacial score (nSPS) is 21.9. The van der Waals surface area contributed by atoms with Gasteiger partial charge < -0.3 is 4.90 Å². The molecule has 2 heterocycles. The topological polar surface area (TPSA) is 35.9 Å². The number of nitrogens with zero attached hydrogens (tertiary/aromatic N) is 3. The van der Waals surface area contributed by atoms with Crippen LogP contribution in [0.3, 0.4) is 0 Å². The van der Waals surface area contributed by atoms with Crippen molar-refractivity contribution in [2.24, 2.45) is 5.10 Å². The van der Waals surface area contributed by atoms with E-state index in [1.807, 2.05) is 42.1 Å². The molecule has 7 heteroatoms. The minimum atomic E-state index is -0.703. The first-order valence-electron chi connectivity index (χ1n) is 10.7. The first-order chi connectivity index (χ1) is 15.0. The zero-order chi connectivity index (χ0) is 21.8. The van der Waals surface area contributed by atoms with Crippen LogP contribution in [-0.4, -0.2) is 52.7 Å². The van der Waals surface area contributed by atoms with E-state index in [0.29, 0.717) is 18.6 Å². The Morgan fingerprint density at radius 3 is 2.58 bits per heavy atom. The van der Waals surface area contributed by atoms with Crippen LogP contribution in [0.2, 0.25) is 0 Å². The molecule has 1 atom stereocenters. The summed E-state index contributed by atoms with van der Waals surface area (Å²) >= 11 is 1.98. The maximum Gasteiger partial charge on any atom is 0.240 e. The lowest BCUT2D eigenvalue weighted by atomic mass is 9.80. The summed E-state index contributed by atoms with van der Waals surface area (Å²) in [6, 6.07) is 13.2. The zero-order valence-corrected chi connectivity index (χ0v) is 18.5. The van der Waals surface area contributed by atoms with E-state index in [1.54, 1.807) is 0 Å². The number of amides is 1. The van der Waals surface area contributed by atoms with E-state index >= 15 is 0 Å². The number of halogens is 2. The second-order valence-corrected chi connectivity index (χ2v) is 9.36. The van der Waals surface area contributed by atoms with E-state index in [-0.39, 0.29) is 11.5 Å². The number of benzene rings is 2. The lowest BCUT2D eigenvalue weighted by molar-refractivity contribution is -0.135. The number of rotatable bonds is 6. The van der Waals surface area contributed by atoms with Gasteiger partial charge in [-0.15, -0.1) is 0 Å². The van der Waals surface area contributed by atoms with Crippen LogP contribution in [-0.2, 0) is 10.3 Å². The summed E-state index contributed by atoms with van der Waals surface area (Å²) in [5.41, 5.74) is 0.795. The predicted molar refractivity (Wildman–Crippen MR) is 121 cm³/mol. The number of carbonyl (C=O) groups is 1. The van der Waals surface area contributed by atoms with Gasteiger partial charge in [-0.25, -0.2) is 13.8 Å². The molecule has 1 amide bonds. The van der Waals surface area contributed by atoms with Crippen LogP contribution in [0.1, 0.15) is 37.3 Å². The van der Waals surface area contributed by atoms with Crippen molar-refractivity contribution in [1.82, 2.24) is 9.91 Å². The molecule has 164 valence electrons. The lowest BCUT2D eigenvalue weighted by Crippen LogP contribution is -2.43. The average Bonchev–Trinajstić information content (AvgIpc) is 3.18. The van der Waals surface area contributed by atoms with Crippen LogP contribution in [0.5, 0.6) is 0 Å². The van der Waals surface area contributed by atoms with Gasteiger partial charge in [0.15, 0.2) is 0 Å². The van der Waals surface area contributed by atoms with Gasteiger partial charge in [0.1, 0.15) is 11.6 Å². The quantitative estimate of drug-likeness (QED) is 0.652. The van der Waals surface area contributed by atoms with Gasteiger partial charge in [0, 0.05) is 43.5 Å². The maximum absolute atomic E-state index is 14.5. The Labute approximate surface area is 186 Å². The molecule has 2 aromatic rings. The molecule has 31 heavy (non-hydrogen) atoms. The minimum absolute atomic E-state index is 0.122. The number of hydrogen-bond donors (Lipinski definition) is 0. The highest BCUT2D eigenvalue weighted by atomic mass is 32.2. The monoisotopic (exact) mass is 443 g/mol. The van der Waals surface area contributed by atoms with Gasteiger partial charge >= 0.3 is 0 Å². The minimum Gasteiger partial charge on any atom is -0.302 e. The van der Waals surface area contributed by atoms with Crippen LogP contribution in [0.15, 0.2) is 53.6 Å². The molecule has 0 aliphatic carbocycles. The van der Waals surface area contributed by atoms with Crippen molar-refractivity contribution in [3.8, 4) is 0 Å². The van der Waals surface area contributed by atoms with Crippen molar-refractivity contribution in [2.75, 3.05) is 31.1 Å². The number of thioether (sulfide) groups is 1. The van der Waals surface area contributed by atoms with E-state index in [1.165, 1.54) is 18.0 Å². The van der Waals surface area contributed by atoms with Gasteiger partial charge in [0.2, 0.25) is 5.91 Å². The summed E-state index contributed by atoms with van der Waals surface area (Å²) in [7, 11) is 0. The highest BCUT2D eigenvalue weighted by Gasteiger charge is 2.46. The van der Waals surface area contributed by atoms with Gasteiger partial charge in [-0.05, 0) is 43.1 Å². The van der Waals surface area contributed by atoms with Crippen LogP contribution >= 0.6 is 11.8 Å². The van der Waals surface area contributed by atoms with Crippen molar-refractivity contribution < 1.29 is 13.6 Å². The average molecular weight is 444 g/mol. The molecule has 0 saturated carbocycles. The summed E-state index contributed by atoms with van der Waals surface area (Å²) in [5, 5.41) is 6.03. The lowest BCUT2D eigenvalue weighted by Gasteiger charge is -2.37. The molecule has 0 bridgehead atoms. The number of hydrogen-bond acceptors (Lipinski definition) is 4. The Balaban J connectivity index is 1.66. The third-order valence-corrected chi connectivity index (χ3v) is 7.05. The first-order valence-corrected chi connectivity index (χ1v) is 11.8. The zero-order valence-electron chi connectivity index (χ0n) is 17.7. The third kappa shape index (κ3) is 4.67. The standard InChI is InChI=1S/C24H27F2N3OS/c1-18(30)29-24(19-6-3-2-4-7-19,10-5-11-28-12-14-31-15-13-28)17-23(27-29)21-16-20(25)8-9-22(21)26/h2-4,6-9,16H,5,10-15,17H2,1H3/t24-/m0/s1. The molecule has 0 aromatic heterocycles. The Morgan fingerprint density at radius 2 is 1.87 bits per heavy atom. The van der Waals surface area contributed by atoms with Gasteiger partial charge in [-0.3, -0.25) is 4.79 Å². The molecule has 0 N–H and O–H groups in total. The SMILES string of the molecule is CC(=O)N1N=C(c2cc(F)ccc2F)C[C@@]1(CCCN1CCSCC1)c1ccccc1. The molecule has 2 aliphatic heterocycles. The first kappa shape index (κ1) is 22.0. The third-order valence-electron chi connectivity index (χ3n) is 6.10. The van der Waals surface area contributed by atoms with E-state index in [9.17, 15) is 13.6 Å². The molecule has 4 nitrogen and oxygen atoms in total. The van der Waals surface area contributed by atoms with Crippen LogP contribution < -0.4 is 0 Å². The summed E-state index contributed by atoms with van der Waals surface area (Å²) in [6.07, 6.45) is 1.94. The van der Waals surface area contributed by atoms with Crippen molar-refractivity contribution in [1.29, 1.82) is 0 Å². The van der Waals surface area contributed by atoms with Crippen molar-refractivity contribution in [3.05, 3.63) is 71.3 Å². The highest BCUT2D eigenvalue weighted by Crippen LogP contribution is 2.43. The molecule has 0 unspecified atom stereocenters. The molecule has 1 fully saturated rings. The summed E-state index contributed by atoms with van der Waals surface area (Å²) in [4.78, 5) is 15.1. The summed E-state index contributed by atoms with van der Waals surface area (Å²) < 4.78 is 28.4. The van der Waals surface area contributed by atoms with Gasteiger partial charge in [-0.2, -0.15) is 16.9 Å².